The van der Waals surface area contributed by atoms with Crippen molar-refractivity contribution in [1.82, 2.24) is 29.9 Å². The van der Waals surface area contributed by atoms with Gasteiger partial charge in [-0.1, -0.05) is 279 Å². The highest BCUT2D eigenvalue weighted by molar-refractivity contribution is 7.27. The number of hydrogen-bond acceptors (Lipinski definition) is 8. The van der Waals surface area contributed by atoms with Crippen LogP contribution in [-0.2, 0) is 0 Å². The maximum absolute atomic E-state index is 5.42. The molecule has 0 N–H and O–H groups in total. The van der Waals surface area contributed by atoms with E-state index in [1.165, 1.54) is 73.4 Å². The van der Waals surface area contributed by atoms with Crippen LogP contribution in [0, 0.1) is 0 Å². The fourth-order valence-corrected chi connectivity index (χ4v) is 15.5. The molecule has 0 saturated carbocycles. The Hall–Kier alpha value is -11.9. The van der Waals surface area contributed by atoms with Crippen molar-refractivity contribution in [1.29, 1.82) is 0 Å². The van der Waals surface area contributed by atoms with Gasteiger partial charge < -0.3 is 0 Å². The summed E-state index contributed by atoms with van der Waals surface area (Å²) in [6.07, 6.45) is 0. The average Bonchev–Trinajstić information content (AvgIpc) is 1.53. The molecule has 6 heterocycles. The maximum Gasteiger partial charge on any atom is 0.160 e. The van der Waals surface area contributed by atoms with Crippen LogP contribution in [0.1, 0.15) is 0 Å². The molecule has 18 aromatic rings. The Morgan fingerprint density at radius 2 is 0.511 bits per heavy atom. The molecular formula is C86H54N6S2. The smallest absolute Gasteiger partial charge is 0.160 e. The number of benzene rings is 12. The Morgan fingerprint density at radius 1 is 0.202 bits per heavy atom. The number of aromatic nitrogens is 6. The largest absolute Gasteiger partial charge is 0.247 e. The zero-order valence-electron chi connectivity index (χ0n) is 50.7. The van der Waals surface area contributed by atoms with Crippen LogP contribution in [-0.4, -0.2) is 29.9 Å². The van der Waals surface area contributed by atoms with Gasteiger partial charge in [0.15, 0.2) is 11.6 Å². The van der Waals surface area contributed by atoms with Gasteiger partial charge in [-0.15, -0.1) is 22.7 Å². The summed E-state index contributed by atoms with van der Waals surface area (Å²) in [4.78, 5) is 31.1. The lowest BCUT2D eigenvalue weighted by Gasteiger charge is -2.13. The van der Waals surface area contributed by atoms with Crippen LogP contribution < -0.4 is 0 Å². The molecule has 94 heavy (non-hydrogen) atoms. The van der Waals surface area contributed by atoms with Gasteiger partial charge in [0, 0.05) is 95.6 Å². The van der Waals surface area contributed by atoms with Crippen molar-refractivity contribution in [2.75, 3.05) is 0 Å². The van der Waals surface area contributed by atoms with Crippen molar-refractivity contribution in [3.05, 3.63) is 328 Å². The Morgan fingerprint density at radius 3 is 0.936 bits per heavy atom. The summed E-state index contributed by atoms with van der Waals surface area (Å²) in [7, 11) is 0. The van der Waals surface area contributed by atoms with Crippen molar-refractivity contribution >= 4 is 84.8 Å². The minimum Gasteiger partial charge on any atom is -0.247 e. The third-order valence-electron chi connectivity index (χ3n) is 17.4. The summed E-state index contributed by atoms with van der Waals surface area (Å²) in [6.45, 7) is 0. The number of rotatable bonds is 10. The van der Waals surface area contributed by atoms with Gasteiger partial charge in [-0.2, -0.15) is 0 Å². The predicted octanol–water partition coefficient (Wildman–Crippen LogP) is 23.5. The molecule has 12 aromatic carbocycles. The Kier molecular flexibility index (Phi) is 14.5. The number of fused-ring (bicyclic) bond motifs is 10. The summed E-state index contributed by atoms with van der Waals surface area (Å²) >= 11 is 3.69. The van der Waals surface area contributed by atoms with Gasteiger partial charge in [0.25, 0.3) is 0 Å². The summed E-state index contributed by atoms with van der Waals surface area (Å²) in [5.41, 5.74) is 20.5. The van der Waals surface area contributed by atoms with Gasteiger partial charge in [-0.3, -0.25) is 0 Å². The van der Waals surface area contributed by atoms with Crippen LogP contribution in [0.4, 0.5) is 0 Å². The number of thiophene rings is 2. The van der Waals surface area contributed by atoms with Crippen LogP contribution in [0.3, 0.4) is 0 Å². The second-order valence-corrected chi connectivity index (χ2v) is 25.3. The topological polar surface area (TPSA) is 77.3 Å². The average molecular weight is 1240 g/mol. The van der Waals surface area contributed by atoms with E-state index >= 15 is 0 Å². The van der Waals surface area contributed by atoms with Gasteiger partial charge in [-0.25, -0.2) is 29.9 Å². The van der Waals surface area contributed by atoms with E-state index in [0.29, 0.717) is 11.6 Å². The van der Waals surface area contributed by atoms with Crippen molar-refractivity contribution in [2.45, 2.75) is 0 Å². The van der Waals surface area contributed by atoms with E-state index in [0.717, 1.165) is 89.7 Å². The Balaban J connectivity index is 0.000000143. The zero-order valence-corrected chi connectivity index (χ0v) is 52.3. The second-order valence-electron chi connectivity index (χ2n) is 23.2. The van der Waals surface area contributed by atoms with Crippen LogP contribution in [0.5, 0.6) is 0 Å². The quantitative estimate of drug-likeness (QED) is 0.136. The van der Waals surface area contributed by atoms with Crippen molar-refractivity contribution < 1.29 is 0 Å². The first-order valence-electron chi connectivity index (χ1n) is 31.4. The molecule has 0 saturated heterocycles. The van der Waals surface area contributed by atoms with E-state index in [-0.39, 0.29) is 0 Å². The van der Waals surface area contributed by atoms with E-state index < -0.39 is 0 Å². The molecule has 0 aliphatic carbocycles. The molecule has 0 bridgehead atoms. The molecule has 0 aliphatic heterocycles. The van der Waals surface area contributed by atoms with E-state index in [4.69, 9.17) is 29.9 Å². The Bertz CT molecular complexity index is 5360. The Labute approximate surface area is 551 Å². The van der Waals surface area contributed by atoms with Gasteiger partial charge in [0.2, 0.25) is 0 Å². The molecule has 0 spiro atoms. The van der Waals surface area contributed by atoms with Crippen LogP contribution in [0.15, 0.2) is 328 Å². The molecule has 0 atom stereocenters. The highest BCUT2D eigenvalue weighted by Crippen LogP contribution is 2.48. The molecule has 440 valence electrons. The molecule has 6 aromatic heterocycles. The van der Waals surface area contributed by atoms with Crippen LogP contribution in [0.25, 0.3) is 175 Å². The summed E-state index contributed by atoms with van der Waals surface area (Å²) in [5.74, 6) is 1.39. The van der Waals surface area contributed by atoms with Crippen LogP contribution >= 0.6 is 22.7 Å². The lowest BCUT2D eigenvalue weighted by atomic mass is 9.96. The lowest BCUT2D eigenvalue weighted by molar-refractivity contribution is 1.18. The van der Waals surface area contributed by atoms with Gasteiger partial charge in [-0.05, 0) is 70.8 Å². The number of pyridine rings is 2. The van der Waals surface area contributed by atoms with E-state index in [2.05, 4.69) is 255 Å². The number of nitrogens with zero attached hydrogens (tertiary/aromatic N) is 6. The standard InChI is InChI=1S/2C43H27N3S/c1-4-14-28(15-5-1)33-23-13-24-35-39(33)42-40(34-22-10-11-25-38(34)47-42)41(44-35)32-21-12-20-31(26-32)37-27-36(29-16-6-2-7-17-29)45-43(46-37)30-18-8-3-9-19-30;1-4-14-28(15-5-1)33-23-13-24-35-39(33)42-40(34-22-10-11-25-38(34)47-42)41(44-35)31-20-12-21-32(26-31)43-45-36(29-16-6-2-7-17-29)27-37(46-43)30-18-8-3-9-19-30/h2*1-27H. The first kappa shape index (κ1) is 56.1. The first-order valence-corrected chi connectivity index (χ1v) is 33.0. The minimum atomic E-state index is 0.686. The summed E-state index contributed by atoms with van der Waals surface area (Å²) < 4.78 is 5.02. The molecule has 6 nitrogen and oxygen atoms in total. The highest BCUT2D eigenvalue weighted by atomic mass is 32.1. The normalized spacial score (nSPS) is 11.4. The molecule has 8 heteroatoms. The molecule has 0 fully saturated rings. The summed E-state index contributed by atoms with van der Waals surface area (Å²) in [5, 5.41) is 7.22. The monoisotopic (exact) mass is 1230 g/mol. The van der Waals surface area contributed by atoms with Crippen LogP contribution in [0.2, 0.25) is 0 Å². The third-order valence-corrected chi connectivity index (χ3v) is 19.7. The van der Waals surface area contributed by atoms with Crippen molar-refractivity contribution in [2.24, 2.45) is 0 Å². The molecule has 0 radical (unpaired) electrons. The number of hydrogen-bond donors (Lipinski definition) is 0. The van der Waals surface area contributed by atoms with E-state index in [9.17, 15) is 0 Å². The maximum atomic E-state index is 5.42. The predicted molar refractivity (Wildman–Crippen MR) is 395 cm³/mol. The second kappa shape index (κ2) is 24.4. The third kappa shape index (κ3) is 10.5. The molecule has 18 rings (SSSR count). The van der Waals surface area contributed by atoms with Gasteiger partial charge in [0.1, 0.15) is 0 Å². The first-order chi connectivity index (χ1) is 46.6. The van der Waals surface area contributed by atoms with Gasteiger partial charge in [0.05, 0.1) is 45.2 Å². The van der Waals surface area contributed by atoms with Crippen molar-refractivity contribution in [3.63, 3.8) is 0 Å². The van der Waals surface area contributed by atoms with Crippen molar-refractivity contribution in [3.8, 4) is 113 Å². The lowest BCUT2D eigenvalue weighted by Crippen LogP contribution is -1.96. The van der Waals surface area contributed by atoms with Gasteiger partial charge >= 0.3 is 0 Å². The molecule has 0 aliphatic rings. The highest BCUT2D eigenvalue weighted by Gasteiger charge is 2.23. The minimum absolute atomic E-state index is 0.686. The summed E-state index contributed by atoms with van der Waals surface area (Å²) in [6, 6.07) is 114. The SMILES string of the molecule is c1ccc(-c2cc(-c3cccc(-c4nc5cccc(-c6ccccc6)c5c5sc6ccccc6c45)c3)nc(-c3ccccc3)n2)cc1.c1ccc(-c2cc(-c3ccccc3)nc(-c3cccc(-c4nc5cccc(-c6ccccc6)c5c5sc6ccccc6c45)c3)n2)cc1. The fraction of sp³-hybridized carbons (Fsp3) is 0. The zero-order chi connectivity index (χ0) is 62.3. The molecule has 0 amide bonds. The molecular weight excluding hydrogens is 1180 g/mol. The van der Waals surface area contributed by atoms with E-state index in [1.807, 2.05) is 95.5 Å². The van der Waals surface area contributed by atoms with E-state index in [1.54, 1.807) is 0 Å². The fourth-order valence-electron chi connectivity index (χ4n) is 12.9. The molecule has 0 unspecified atom stereocenters.